The fourth-order valence-electron chi connectivity index (χ4n) is 1.79. The van der Waals surface area contributed by atoms with Crippen LogP contribution < -0.4 is 20.1 Å². The molecule has 19 heavy (non-hydrogen) atoms. The Balaban J connectivity index is 2.79. The summed E-state index contributed by atoms with van der Waals surface area (Å²) in [5.41, 5.74) is 1.48. The molecular weight excluding hydrogens is 244 g/mol. The van der Waals surface area contributed by atoms with Crippen LogP contribution in [0, 0.1) is 6.92 Å². The van der Waals surface area contributed by atoms with Gasteiger partial charge in [-0.25, -0.2) is 0 Å². The van der Waals surface area contributed by atoms with Crippen LogP contribution >= 0.6 is 0 Å². The van der Waals surface area contributed by atoms with Gasteiger partial charge in [0.1, 0.15) is 0 Å². The summed E-state index contributed by atoms with van der Waals surface area (Å²) in [5.74, 6) is 1.11. The molecule has 106 valence electrons. The van der Waals surface area contributed by atoms with Crippen LogP contribution in [0.25, 0.3) is 0 Å². The Morgan fingerprint density at radius 1 is 1.16 bits per heavy atom. The van der Waals surface area contributed by atoms with Crippen molar-refractivity contribution in [2.75, 3.05) is 34.4 Å². The molecule has 1 aromatic carbocycles. The smallest absolute Gasteiger partial charge is 0.251 e. The minimum atomic E-state index is -0.0884. The summed E-state index contributed by atoms with van der Waals surface area (Å²) < 4.78 is 10.4. The van der Waals surface area contributed by atoms with E-state index in [1.165, 1.54) is 0 Å². The average molecular weight is 266 g/mol. The topological polar surface area (TPSA) is 59.6 Å². The van der Waals surface area contributed by atoms with E-state index in [0.717, 1.165) is 18.5 Å². The number of hydrogen-bond acceptors (Lipinski definition) is 4. The van der Waals surface area contributed by atoms with Crippen LogP contribution in [-0.4, -0.2) is 40.3 Å². The van der Waals surface area contributed by atoms with E-state index >= 15 is 0 Å². The number of carbonyl (C=O) groups excluding carboxylic acids is 1. The largest absolute Gasteiger partial charge is 0.493 e. The molecule has 0 saturated carbocycles. The predicted octanol–water partition coefficient (Wildman–Crippen LogP) is 1.35. The lowest BCUT2D eigenvalue weighted by molar-refractivity contribution is 0.0952. The van der Waals surface area contributed by atoms with Crippen molar-refractivity contribution in [3.05, 3.63) is 23.3 Å². The SMILES string of the molecule is CNCCCNC(=O)c1cc(OC)c(OC)cc1C. The molecule has 5 nitrogen and oxygen atoms in total. The Kier molecular flexibility index (Phi) is 6.15. The predicted molar refractivity (Wildman–Crippen MR) is 75.2 cm³/mol. The Morgan fingerprint density at radius 2 is 1.79 bits per heavy atom. The van der Waals surface area contributed by atoms with Gasteiger partial charge in [0.05, 0.1) is 14.2 Å². The maximum absolute atomic E-state index is 12.1. The molecule has 0 aliphatic carbocycles. The molecule has 0 unspecified atom stereocenters. The average Bonchev–Trinajstić information content (AvgIpc) is 2.42. The quantitative estimate of drug-likeness (QED) is 0.731. The summed E-state index contributed by atoms with van der Waals surface area (Å²) in [6.07, 6.45) is 0.897. The summed E-state index contributed by atoms with van der Waals surface area (Å²) in [6.45, 7) is 3.41. The second kappa shape index (κ2) is 7.63. The maximum Gasteiger partial charge on any atom is 0.251 e. The van der Waals surface area contributed by atoms with E-state index in [1.807, 2.05) is 14.0 Å². The highest BCUT2D eigenvalue weighted by Gasteiger charge is 2.13. The number of ether oxygens (including phenoxy) is 2. The monoisotopic (exact) mass is 266 g/mol. The normalized spacial score (nSPS) is 10.1. The molecule has 0 fully saturated rings. The number of hydrogen-bond donors (Lipinski definition) is 2. The van der Waals surface area contributed by atoms with Gasteiger partial charge < -0.3 is 20.1 Å². The molecule has 0 aliphatic heterocycles. The lowest BCUT2D eigenvalue weighted by Gasteiger charge is -2.12. The third kappa shape index (κ3) is 4.13. The second-order valence-corrected chi connectivity index (χ2v) is 4.24. The molecule has 1 rings (SSSR count). The first-order valence-electron chi connectivity index (χ1n) is 6.29. The van der Waals surface area contributed by atoms with Gasteiger partial charge in [-0.15, -0.1) is 0 Å². The molecule has 0 bridgehead atoms. The van der Waals surface area contributed by atoms with Crippen LogP contribution in [0.1, 0.15) is 22.3 Å². The highest BCUT2D eigenvalue weighted by molar-refractivity contribution is 5.96. The van der Waals surface area contributed by atoms with Crippen LogP contribution in [0.5, 0.6) is 11.5 Å². The fraction of sp³-hybridized carbons (Fsp3) is 0.500. The Morgan fingerprint density at radius 3 is 2.37 bits per heavy atom. The summed E-state index contributed by atoms with van der Waals surface area (Å²) >= 11 is 0. The summed E-state index contributed by atoms with van der Waals surface area (Å²) in [7, 11) is 5.02. The van der Waals surface area contributed by atoms with Gasteiger partial charge in [-0.05, 0) is 44.6 Å². The van der Waals surface area contributed by atoms with E-state index < -0.39 is 0 Å². The molecule has 0 radical (unpaired) electrons. The number of nitrogens with one attached hydrogen (secondary N) is 2. The third-order valence-electron chi connectivity index (χ3n) is 2.86. The second-order valence-electron chi connectivity index (χ2n) is 4.24. The van der Waals surface area contributed by atoms with Gasteiger partial charge in [0.2, 0.25) is 0 Å². The third-order valence-corrected chi connectivity index (χ3v) is 2.86. The Labute approximate surface area is 114 Å². The first kappa shape index (κ1) is 15.3. The lowest BCUT2D eigenvalue weighted by atomic mass is 10.1. The Bertz CT molecular complexity index is 433. The molecule has 0 aromatic heterocycles. The standard InChI is InChI=1S/C14H22N2O3/c1-10-8-12(18-3)13(19-4)9-11(10)14(17)16-7-5-6-15-2/h8-9,15H,5-7H2,1-4H3,(H,16,17). The van der Waals surface area contributed by atoms with Crippen LogP contribution in [-0.2, 0) is 0 Å². The molecule has 2 N–H and O–H groups in total. The van der Waals surface area contributed by atoms with Crippen molar-refractivity contribution in [2.45, 2.75) is 13.3 Å². The van der Waals surface area contributed by atoms with Gasteiger partial charge >= 0.3 is 0 Å². The van der Waals surface area contributed by atoms with Gasteiger partial charge in [0.15, 0.2) is 11.5 Å². The summed E-state index contributed by atoms with van der Waals surface area (Å²) in [4.78, 5) is 12.1. The number of methoxy groups -OCH3 is 2. The molecular formula is C14H22N2O3. The molecule has 0 saturated heterocycles. The van der Waals surface area contributed by atoms with Crippen molar-refractivity contribution in [1.82, 2.24) is 10.6 Å². The zero-order valence-electron chi connectivity index (χ0n) is 12.0. The van der Waals surface area contributed by atoms with Crippen molar-refractivity contribution < 1.29 is 14.3 Å². The number of rotatable bonds is 7. The van der Waals surface area contributed by atoms with Crippen LogP contribution in [0.4, 0.5) is 0 Å². The fourth-order valence-corrected chi connectivity index (χ4v) is 1.79. The van der Waals surface area contributed by atoms with E-state index in [-0.39, 0.29) is 5.91 Å². The van der Waals surface area contributed by atoms with Crippen LogP contribution in [0.2, 0.25) is 0 Å². The van der Waals surface area contributed by atoms with E-state index in [0.29, 0.717) is 23.6 Å². The minimum Gasteiger partial charge on any atom is -0.493 e. The highest BCUT2D eigenvalue weighted by Crippen LogP contribution is 2.30. The molecule has 5 heteroatoms. The molecule has 0 aliphatic rings. The maximum atomic E-state index is 12.1. The van der Waals surface area contributed by atoms with Gasteiger partial charge in [-0.3, -0.25) is 4.79 Å². The lowest BCUT2D eigenvalue weighted by Crippen LogP contribution is -2.27. The molecule has 1 amide bonds. The number of carbonyl (C=O) groups is 1. The molecule has 0 spiro atoms. The van der Waals surface area contributed by atoms with Crippen molar-refractivity contribution in [3.8, 4) is 11.5 Å². The number of benzene rings is 1. The molecule has 0 heterocycles. The highest BCUT2D eigenvalue weighted by atomic mass is 16.5. The first-order chi connectivity index (χ1) is 9.13. The Hall–Kier alpha value is -1.75. The van der Waals surface area contributed by atoms with E-state index in [9.17, 15) is 4.79 Å². The minimum absolute atomic E-state index is 0.0884. The van der Waals surface area contributed by atoms with Gasteiger partial charge in [0, 0.05) is 12.1 Å². The summed E-state index contributed by atoms with van der Waals surface area (Å²) in [5, 5.41) is 5.93. The van der Waals surface area contributed by atoms with Crippen molar-refractivity contribution in [3.63, 3.8) is 0 Å². The van der Waals surface area contributed by atoms with Crippen molar-refractivity contribution >= 4 is 5.91 Å². The number of aryl methyl sites for hydroxylation is 1. The van der Waals surface area contributed by atoms with Crippen LogP contribution in [0.15, 0.2) is 12.1 Å². The molecule has 0 atom stereocenters. The van der Waals surface area contributed by atoms with Crippen LogP contribution in [0.3, 0.4) is 0 Å². The van der Waals surface area contributed by atoms with E-state index in [2.05, 4.69) is 10.6 Å². The molecule has 1 aromatic rings. The first-order valence-corrected chi connectivity index (χ1v) is 6.29. The number of amides is 1. The van der Waals surface area contributed by atoms with E-state index in [4.69, 9.17) is 9.47 Å². The zero-order chi connectivity index (χ0) is 14.3. The van der Waals surface area contributed by atoms with E-state index in [1.54, 1.807) is 26.4 Å². The van der Waals surface area contributed by atoms with Crippen molar-refractivity contribution in [2.24, 2.45) is 0 Å². The summed E-state index contributed by atoms with van der Waals surface area (Å²) in [6, 6.07) is 3.52. The van der Waals surface area contributed by atoms with Gasteiger partial charge in [-0.2, -0.15) is 0 Å². The van der Waals surface area contributed by atoms with Gasteiger partial charge in [-0.1, -0.05) is 0 Å². The van der Waals surface area contributed by atoms with Crippen molar-refractivity contribution in [1.29, 1.82) is 0 Å². The van der Waals surface area contributed by atoms with Gasteiger partial charge in [0.25, 0.3) is 5.91 Å². The zero-order valence-corrected chi connectivity index (χ0v) is 12.0.